The van der Waals surface area contributed by atoms with Gasteiger partial charge >= 0.3 is 0 Å². The van der Waals surface area contributed by atoms with Gasteiger partial charge in [-0.15, -0.1) is 0 Å². The molecule has 0 atom stereocenters. The molecule has 0 radical (unpaired) electrons. The van der Waals surface area contributed by atoms with E-state index >= 15 is 0 Å². The minimum Gasteiger partial charge on any atom is -0.382 e. The average molecular weight is 403 g/mol. The van der Waals surface area contributed by atoms with E-state index in [0.29, 0.717) is 11.9 Å². The maximum Gasteiger partial charge on any atom is 0.269 e. The van der Waals surface area contributed by atoms with Crippen LogP contribution >= 0.6 is 0 Å². The zero-order chi connectivity index (χ0) is 21.1. The number of non-ortho nitro benzene ring substituents is 1. The molecule has 4 rings (SSSR count). The van der Waals surface area contributed by atoms with E-state index in [1.807, 2.05) is 13.0 Å². The summed E-state index contributed by atoms with van der Waals surface area (Å²) in [4.78, 5) is 22.1. The van der Waals surface area contributed by atoms with E-state index < -0.39 is 4.92 Å². The summed E-state index contributed by atoms with van der Waals surface area (Å²) in [7, 11) is 0. The van der Waals surface area contributed by atoms with E-state index in [4.69, 9.17) is 4.98 Å². The molecule has 0 amide bonds. The van der Waals surface area contributed by atoms with Gasteiger partial charge in [0.05, 0.1) is 4.92 Å². The lowest BCUT2D eigenvalue weighted by Gasteiger charge is -2.34. The Morgan fingerprint density at radius 1 is 1.03 bits per heavy atom. The van der Waals surface area contributed by atoms with Crippen LogP contribution in [0.25, 0.3) is 11.4 Å². The third kappa shape index (κ3) is 4.56. The first kappa shape index (κ1) is 19.8. The van der Waals surface area contributed by atoms with E-state index in [2.05, 4.69) is 46.4 Å². The largest absolute Gasteiger partial charge is 0.382 e. The highest BCUT2D eigenvalue weighted by Gasteiger charge is 2.21. The first-order chi connectivity index (χ1) is 14.5. The van der Waals surface area contributed by atoms with E-state index in [-0.39, 0.29) is 5.69 Å². The molecule has 1 N–H and O–H groups in total. The van der Waals surface area contributed by atoms with Crippen LogP contribution in [-0.2, 0) is 0 Å². The van der Waals surface area contributed by atoms with Crippen LogP contribution in [0.5, 0.6) is 0 Å². The highest BCUT2D eigenvalue weighted by Crippen LogP contribution is 2.25. The van der Waals surface area contributed by atoms with E-state index in [1.54, 1.807) is 12.1 Å². The number of nitrogens with one attached hydrogen (secondary N) is 1. The molecule has 7 heteroatoms. The van der Waals surface area contributed by atoms with Gasteiger partial charge < -0.3 is 10.2 Å². The van der Waals surface area contributed by atoms with Crippen LogP contribution in [0.4, 0.5) is 17.2 Å². The Kier molecular flexibility index (Phi) is 5.61. The van der Waals surface area contributed by atoms with Crippen molar-refractivity contribution in [3.8, 4) is 11.4 Å². The Morgan fingerprint density at radius 3 is 2.43 bits per heavy atom. The fourth-order valence-corrected chi connectivity index (χ4v) is 3.80. The van der Waals surface area contributed by atoms with Gasteiger partial charge in [0.15, 0.2) is 5.82 Å². The van der Waals surface area contributed by atoms with Crippen LogP contribution in [-0.4, -0.2) is 34.0 Å². The predicted octanol–water partition coefficient (Wildman–Crippen LogP) is 4.75. The number of aryl methyl sites for hydroxylation is 2. The molecule has 1 fully saturated rings. The van der Waals surface area contributed by atoms with Crippen molar-refractivity contribution < 1.29 is 4.92 Å². The van der Waals surface area contributed by atoms with Gasteiger partial charge in [0.1, 0.15) is 5.82 Å². The quantitative estimate of drug-likeness (QED) is 0.489. The van der Waals surface area contributed by atoms with Gasteiger partial charge in [-0.2, -0.15) is 0 Å². The van der Waals surface area contributed by atoms with Gasteiger partial charge in [-0.25, -0.2) is 9.97 Å². The molecule has 2 aromatic carbocycles. The first-order valence-corrected chi connectivity index (χ1v) is 10.2. The minimum absolute atomic E-state index is 0.0646. The number of benzene rings is 2. The molecular formula is C23H25N5O2. The summed E-state index contributed by atoms with van der Waals surface area (Å²) in [6.07, 6.45) is 2.06. The molecule has 1 aromatic heterocycles. The molecular weight excluding hydrogens is 378 g/mol. The number of nitro groups is 1. The lowest BCUT2D eigenvalue weighted by molar-refractivity contribution is -0.384. The normalized spacial score (nSPS) is 14.5. The summed E-state index contributed by atoms with van der Waals surface area (Å²) in [5.74, 6) is 1.50. The molecule has 0 spiro atoms. The van der Waals surface area contributed by atoms with Crippen molar-refractivity contribution in [2.45, 2.75) is 32.7 Å². The third-order valence-corrected chi connectivity index (χ3v) is 5.38. The Balaban J connectivity index is 1.45. The fourth-order valence-electron chi connectivity index (χ4n) is 3.80. The monoisotopic (exact) mass is 403 g/mol. The van der Waals surface area contributed by atoms with Crippen molar-refractivity contribution in [2.75, 3.05) is 23.3 Å². The smallest absolute Gasteiger partial charge is 0.269 e. The molecule has 30 heavy (non-hydrogen) atoms. The number of hydrogen-bond acceptors (Lipinski definition) is 6. The van der Waals surface area contributed by atoms with E-state index in [1.165, 1.54) is 23.4 Å². The lowest BCUT2D eigenvalue weighted by Crippen LogP contribution is -2.39. The summed E-state index contributed by atoms with van der Waals surface area (Å²) in [6.45, 7) is 5.89. The minimum atomic E-state index is -0.402. The van der Waals surface area contributed by atoms with Crippen LogP contribution < -0.4 is 10.2 Å². The van der Waals surface area contributed by atoms with Gasteiger partial charge in [-0.1, -0.05) is 12.1 Å². The van der Waals surface area contributed by atoms with Crippen LogP contribution in [0.15, 0.2) is 54.6 Å². The molecule has 0 unspecified atom stereocenters. The van der Waals surface area contributed by atoms with E-state index in [0.717, 1.165) is 43.0 Å². The number of aromatic nitrogens is 2. The van der Waals surface area contributed by atoms with Gasteiger partial charge in [0.2, 0.25) is 0 Å². The Labute approximate surface area is 175 Å². The predicted molar refractivity (Wildman–Crippen MR) is 119 cm³/mol. The average Bonchev–Trinajstić information content (AvgIpc) is 2.74. The Morgan fingerprint density at radius 2 is 1.77 bits per heavy atom. The number of piperidine rings is 1. The summed E-state index contributed by atoms with van der Waals surface area (Å²) in [5, 5.41) is 14.5. The number of nitro benzene ring substituents is 1. The van der Waals surface area contributed by atoms with Crippen molar-refractivity contribution in [3.05, 3.63) is 76.0 Å². The Hall–Kier alpha value is -3.48. The zero-order valence-corrected chi connectivity index (χ0v) is 17.2. The first-order valence-electron chi connectivity index (χ1n) is 10.2. The van der Waals surface area contributed by atoms with Crippen molar-refractivity contribution in [1.29, 1.82) is 0 Å². The lowest BCUT2D eigenvalue weighted by atomic mass is 10.0. The SMILES string of the molecule is Cc1cccc(NC2CCN(c3cc(C)nc(-c4ccc([N+](=O)[O-])cc4)n3)CC2)c1. The highest BCUT2D eigenvalue weighted by molar-refractivity contribution is 5.60. The molecule has 0 saturated carbocycles. The second kappa shape index (κ2) is 8.49. The molecule has 3 aromatic rings. The second-order valence-corrected chi connectivity index (χ2v) is 7.77. The summed E-state index contributed by atoms with van der Waals surface area (Å²) in [5.41, 5.74) is 4.16. The molecule has 1 saturated heterocycles. The molecule has 1 aliphatic heterocycles. The molecule has 154 valence electrons. The van der Waals surface area contributed by atoms with Crippen LogP contribution in [0.2, 0.25) is 0 Å². The second-order valence-electron chi connectivity index (χ2n) is 7.77. The topological polar surface area (TPSA) is 84.2 Å². The van der Waals surface area contributed by atoms with Gasteiger partial charge in [0.25, 0.3) is 5.69 Å². The zero-order valence-electron chi connectivity index (χ0n) is 17.2. The standard InChI is InChI=1S/C23H25N5O2/c1-16-4-3-5-20(14-16)25-19-10-12-27(13-11-19)22-15-17(2)24-23(26-22)18-6-8-21(9-7-18)28(29)30/h3-9,14-15,19,25H,10-13H2,1-2H3. The van der Waals surface area contributed by atoms with Gasteiger partial charge in [0, 0.05) is 54.3 Å². The maximum absolute atomic E-state index is 10.9. The molecule has 7 nitrogen and oxygen atoms in total. The number of rotatable bonds is 5. The molecule has 2 heterocycles. The number of anilines is 2. The van der Waals surface area contributed by atoms with Crippen molar-refractivity contribution >= 4 is 17.2 Å². The van der Waals surface area contributed by atoms with Crippen LogP contribution in [0.1, 0.15) is 24.1 Å². The molecule has 0 aliphatic carbocycles. The highest BCUT2D eigenvalue weighted by atomic mass is 16.6. The van der Waals surface area contributed by atoms with Crippen LogP contribution in [0, 0.1) is 24.0 Å². The molecule has 0 bridgehead atoms. The van der Waals surface area contributed by atoms with Gasteiger partial charge in [-0.05, 0) is 56.5 Å². The fraction of sp³-hybridized carbons (Fsp3) is 0.304. The Bertz CT molecular complexity index is 1040. The summed E-state index contributed by atoms with van der Waals surface area (Å²) < 4.78 is 0. The maximum atomic E-state index is 10.9. The molecule has 1 aliphatic rings. The van der Waals surface area contributed by atoms with Crippen LogP contribution in [0.3, 0.4) is 0 Å². The number of hydrogen-bond donors (Lipinski definition) is 1. The summed E-state index contributed by atoms with van der Waals surface area (Å²) in [6, 6.07) is 17.3. The third-order valence-electron chi connectivity index (χ3n) is 5.38. The van der Waals surface area contributed by atoms with E-state index in [9.17, 15) is 10.1 Å². The van der Waals surface area contributed by atoms with Crippen molar-refractivity contribution in [1.82, 2.24) is 9.97 Å². The van der Waals surface area contributed by atoms with Crippen molar-refractivity contribution in [2.24, 2.45) is 0 Å². The number of nitrogens with zero attached hydrogens (tertiary/aromatic N) is 4. The van der Waals surface area contributed by atoms with Gasteiger partial charge in [-0.3, -0.25) is 10.1 Å². The van der Waals surface area contributed by atoms with Crippen molar-refractivity contribution in [3.63, 3.8) is 0 Å². The summed E-state index contributed by atoms with van der Waals surface area (Å²) >= 11 is 0.